The predicted octanol–water partition coefficient (Wildman–Crippen LogP) is 5.16. The van der Waals surface area contributed by atoms with Crippen LogP contribution >= 0.6 is 12.2 Å². The topological polar surface area (TPSA) is 80.4 Å². The first kappa shape index (κ1) is 25.4. The van der Waals surface area contributed by atoms with E-state index in [4.69, 9.17) is 16.6 Å². The van der Waals surface area contributed by atoms with Gasteiger partial charge in [-0.05, 0) is 56.6 Å². The smallest absolute Gasteiger partial charge is 0.228 e. The van der Waals surface area contributed by atoms with Crippen molar-refractivity contribution >= 4 is 27.2 Å². The monoisotopic (exact) mass is 514 g/mol. The third kappa shape index (κ3) is 6.32. The summed E-state index contributed by atoms with van der Waals surface area (Å²) in [5.74, 6) is 0.727. The Hall–Kier alpha value is -2.65. The van der Waals surface area contributed by atoms with Crippen molar-refractivity contribution in [3.63, 3.8) is 0 Å². The van der Waals surface area contributed by atoms with Crippen molar-refractivity contribution in [3.05, 3.63) is 71.4 Å². The van der Waals surface area contributed by atoms with Gasteiger partial charge in [-0.15, -0.1) is 0 Å². The van der Waals surface area contributed by atoms with Crippen LogP contribution < -0.4 is 5.32 Å². The van der Waals surface area contributed by atoms with E-state index in [1.807, 2.05) is 59.7 Å². The summed E-state index contributed by atoms with van der Waals surface area (Å²) in [7, 11) is -3.64. The molecule has 0 amide bonds. The Morgan fingerprint density at radius 2 is 2.00 bits per heavy atom. The van der Waals surface area contributed by atoms with Crippen molar-refractivity contribution in [3.8, 4) is 0 Å². The summed E-state index contributed by atoms with van der Waals surface area (Å²) in [6.45, 7) is 5.60. The summed E-state index contributed by atoms with van der Waals surface area (Å²) in [4.78, 5) is 6.50. The number of sulfone groups is 1. The Kier molecular flexibility index (Phi) is 8.28. The Morgan fingerprint density at radius 3 is 2.69 bits per heavy atom. The highest BCUT2D eigenvalue weighted by atomic mass is 32.2. The molecular weight excluding hydrogens is 480 g/mol. The maximum Gasteiger partial charge on any atom is 0.228 e. The average Bonchev–Trinajstić information content (AvgIpc) is 3.49. The second-order valence-electron chi connectivity index (χ2n) is 9.21. The van der Waals surface area contributed by atoms with Gasteiger partial charge in [-0.2, -0.15) is 0 Å². The van der Waals surface area contributed by atoms with E-state index in [-0.39, 0.29) is 17.0 Å². The molecule has 35 heavy (non-hydrogen) atoms. The number of aryl methyl sites for hydroxylation is 1. The van der Waals surface area contributed by atoms with Crippen LogP contribution in [-0.2, 0) is 28.7 Å². The molecule has 1 aromatic carbocycles. The summed E-state index contributed by atoms with van der Waals surface area (Å²) in [5, 5.41) is 3.98. The van der Waals surface area contributed by atoms with Gasteiger partial charge in [0.15, 0.2) is 5.11 Å². The molecule has 4 rings (SSSR count). The third-order valence-electron chi connectivity index (χ3n) is 6.39. The first-order valence-electron chi connectivity index (χ1n) is 12.3. The lowest BCUT2D eigenvalue weighted by atomic mass is 9.95. The van der Waals surface area contributed by atoms with Gasteiger partial charge in [0.1, 0.15) is 5.76 Å². The highest BCUT2D eigenvalue weighted by Crippen LogP contribution is 2.33. The number of nitrogens with zero attached hydrogens (tertiary/aromatic N) is 3. The molecule has 1 fully saturated rings. The largest absolute Gasteiger partial charge is 0.467 e. The minimum atomic E-state index is -3.64. The lowest BCUT2D eigenvalue weighted by Crippen LogP contribution is -2.39. The van der Waals surface area contributed by atoms with Crippen LogP contribution in [0.2, 0.25) is 0 Å². The Morgan fingerprint density at radius 1 is 1.20 bits per heavy atom. The number of hydrogen-bond donors (Lipinski definition) is 1. The van der Waals surface area contributed by atoms with E-state index in [9.17, 15) is 8.42 Å². The third-order valence-corrected chi connectivity index (χ3v) is 8.37. The SMILES string of the molecule is CCNC(=S)N(Cc1ccco1)Cc1cnc(S(=O)(=O)Cc2cccc(C)c2)n1C1CCCCC1. The number of aromatic nitrogens is 2. The molecule has 0 atom stereocenters. The van der Waals surface area contributed by atoms with E-state index < -0.39 is 9.84 Å². The standard InChI is InChI=1S/C26H34N4O3S2/c1-3-27-25(34)29(18-24-13-8-14-33-24)17-23-16-28-26(30(23)22-11-5-4-6-12-22)35(31,32)19-21-10-7-9-20(2)15-21/h7-10,13-16,22H,3-6,11-12,17-19H2,1-2H3,(H,27,34). The molecule has 1 N–H and O–H groups in total. The number of nitrogens with one attached hydrogen (secondary N) is 1. The molecule has 0 radical (unpaired) electrons. The van der Waals surface area contributed by atoms with Crippen LogP contribution in [0.15, 0.2) is 58.4 Å². The zero-order valence-electron chi connectivity index (χ0n) is 20.4. The fourth-order valence-electron chi connectivity index (χ4n) is 4.79. The van der Waals surface area contributed by atoms with Crippen molar-refractivity contribution in [2.75, 3.05) is 6.54 Å². The Balaban J connectivity index is 1.69. The molecule has 0 saturated heterocycles. The second-order valence-corrected chi connectivity index (χ2v) is 11.5. The van der Waals surface area contributed by atoms with Crippen LogP contribution in [0.1, 0.15) is 67.7 Å². The van der Waals surface area contributed by atoms with E-state index in [0.717, 1.165) is 48.3 Å². The van der Waals surface area contributed by atoms with Crippen LogP contribution in [0.3, 0.4) is 0 Å². The fraction of sp³-hybridized carbons (Fsp3) is 0.462. The van der Waals surface area contributed by atoms with Gasteiger partial charge in [-0.25, -0.2) is 13.4 Å². The summed E-state index contributed by atoms with van der Waals surface area (Å²) in [6, 6.07) is 11.5. The lowest BCUT2D eigenvalue weighted by Gasteiger charge is -2.29. The zero-order chi connectivity index (χ0) is 24.8. The molecule has 0 bridgehead atoms. The molecule has 2 aromatic heterocycles. The quantitative estimate of drug-likeness (QED) is 0.395. The van der Waals surface area contributed by atoms with Crippen LogP contribution in [0.25, 0.3) is 0 Å². The van der Waals surface area contributed by atoms with Crippen molar-refractivity contribution in [1.82, 2.24) is 19.8 Å². The van der Waals surface area contributed by atoms with Crippen molar-refractivity contribution in [2.24, 2.45) is 0 Å². The van der Waals surface area contributed by atoms with E-state index >= 15 is 0 Å². The maximum atomic E-state index is 13.6. The maximum absolute atomic E-state index is 13.6. The molecule has 0 aliphatic heterocycles. The molecule has 0 unspecified atom stereocenters. The highest BCUT2D eigenvalue weighted by Gasteiger charge is 2.30. The molecule has 1 saturated carbocycles. The lowest BCUT2D eigenvalue weighted by molar-refractivity contribution is 0.302. The number of benzene rings is 1. The van der Waals surface area contributed by atoms with E-state index in [1.54, 1.807) is 12.5 Å². The van der Waals surface area contributed by atoms with Gasteiger partial charge in [0.25, 0.3) is 0 Å². The Bertz CT molecular complexity index is 1230. The van der Waals surface area contributed by atoms with Crippen molar-refractivity contribution in [1.29, 1.82) is 0 Å². The molecule has 1 aliphatic carbocycles. The molecule has 7 nitrogen and oxygen atoms in total. The molecule has 0 spiro atoms. The van der Waals surface area contributed by atoms with Gasteiger partial charge in [0, 0.05) is 12.6 Å². The summed E-state index contributed by atoms with van der Waals surface area (Å²) < 4.78 is 34.8. The minimum absolute atomic E-state index is 0.0657. The first-order chi connectivity index (χ1) is 16.9. The second kappa shape index (κ2) is 11.4. The Labute approximate surface area is 213 Å². The van der Waals surface area contributed by atoms with Crippen LogP contribution in [0, 0.1) is 6.92 Å². The number of rotatable bonds is 9. The van der Waals surface area contributed by atoms with Gasteiger partial charge in [-0.3, -0.25) is 0 Å². The van der Waals surface area contributed by atoms with Crippen molar-refractivity contribution in [2.45, 2.75) is 76.0 Å². The molecular formula is C26H34N4O3S2. The predicted molar refractivity (Wildman–Crippen MR) is 141 cm³/mol. The van der Waals surface area contributed by atoms with Crippen LogP contribution in [0.5, 0.6) is 0 Å². The first-order valence-corrected chi connectivity index (χ1v) is 14.3. The van der Waals surface area contributed by atoms with Crippen molar-refractivity contribution < 1.29 is 12.8 Å². The molecule has 3 aromatic rings. The van der Waals surface area contributed by atoms with E-state index in [0.29, 0.717) is 24.7 Å². The number of hydrogen-bond acceptors (Lipinski definition) is 5. The number of furan rings is 1. The van der Waals surface area contributed by atoms with E-state index in [2.05, 4.69) is 10.3 Å². The molecule has 1 aliphatic rings. The molecule has 188 valence electrons. The molecule has 9 heteroatoms. The normalized spacial score (nSPS) is 14.7. The zero-order valence-corrected chi connectivity index (χ0v) is 22.1. The fourth-order valence-corrected chi connectivity index (χ4v) is 6.59. The average molecular weight is 515 g/mol. The highest BCUT2D eigenvalue weighted by molar-refractivity contribution is 7.90. The van der Waals surface area contributed by atoms with Crippen LogP contribution in [-0.4, -0.2) is 34.5 Å². The van der Waals surface area contributed by atoms with Gasteiger partial charge in [0.05, 0.1) is 37.0 Å². The number of imidazole rings is 1. The van der Waals surface area contributed by atoms with E-state index in [1.165, 1.54) is 6.42 Å². The summed E-state index contributed by atoms with van der Waals surface area (Å²) >= 11 is 5.65. The summed E-state index contributed by atoms with van der Waals surface area (Å²) in [5.41, 5.74) is 2.67. The van der Waals surface area contributed by atoms with Crippen LogP contribution in [0.4, 0.5) is 0 Å². The summed E-state index contributed by atoms with van der Waals surface area (Å²) in [6.07, 6.45) is 8.62. The van der Waals surface area contributed by atoms with Gasteiger partial charge < -0.3 is 19.2 Å². The van der Waals surface area contributed by atoms with Gasteiger partial charge in [-0.1, -0.05) is 49.1 Å². The van der Waals surface area contributed by atoms with Gasteiger partial charge in [0.2, 0.25) is 15.0 Å². The minimum Gasteiger partial charge on any atom is -0.467 e. The molecule has 2 heterocycles. The van der Waals surface area contributed by atoms with Gasteiger partial charge >= 0.3 is 0 Å². The number of thiocarbonyl (C=S) groups is 1.